The Kier molecular flexibility index (Phi) is 8.07. The number of carbonyl (C=O) groups excluding carboxylic acids is 1. The van der Waals surface area contributed by atoms with Crippen LogP contribution in [0.4, 0.5) is 4.39 Å². The van der Waals surface area contributed by atoms with Crippen molar-refractivity contribution in [2.45, 2.75) is 33.5 Å². The zero-order valence-corrected chi connectivity index (χ0v) is 18.9. The second kappa shape index (κ2) is 10.8. The normalized spacial score (nSPS) is 11.3. The Morgan fingerprint density at radius 3 is 2.58 bits per heavy atom. The number of carbonyl (C=O) groups is 1. The van der Waals surface area contributed by atoms with Crippen molar-refractivity contribution < 1.29 is 13.6 Å². The fourth-order valence-corrected chi connectivity index (χ4v) is 3.37. The topological polar surface area (TPSA) is 58.4 Å². The number of hydrogen-bond donors (Lipinski definition) is 1. The third-order valence-corrected chi connectivity index (χ3v) is 5.42. The van der Waals surface area contributed by atoms with Gasteiger partial charge in [0.1, 0.15) is 12.1 Å². The van der Waals surface area contributed by atoms with E-state index in [9.17, 15) is 9.18 Å². The molecule has 0 aliphatic heterocycles. The van der Waals surface area contributed by atoms with E-state index in [4.69, 9.17) is 27.6 Å². The second-order valence-electron chi connectivity index (χ2n) is 7.71. The summed E-state index contributed by atoms with van der Waals surface area (Å²) < 4.78 is 18.8. The van der Waals surface area contributed by atoms with Crippen LogP contribution in [0.2, 0.25) is 10.0 Å². The molecular formula is C23H24Cl2FN3O2. The van der Waals surface area contributed by atoms with Crippen molar-refractivity contribution in [1.82, 2.24) is 15.2 Å². The van der Waals surface area contributed by atoms with E-state index in [0.717, 1.165) is 11.1 Å². The first-order valence-corrected chi connectivity index (χ1v) is 10.7. The van der Waals surface area contributed by atoms with Crippen molar-refractivity contribution >= 4 is 29.1 Å². The maximum Gasteiger partial charge on any atom is 0.273 e. The van der Waals surface area contributed by atoms with E-state index in [-0.39, 0.29) is 17.4 Å². The van der Waals surface area contributed by atoms with Gasteiger partial charge in [0, 0.05) is 19.6 Å². The van der Waals surface area contributed by atoms with Crippen LogP contribution in [0.25, 0.3) is 0 Å². The van der Waals surface area contributed by atoms with Crippen LogP contribution >= 0.6 is 23.2 Å². The predicted molar refractivity (Wildman–Crippen MR) is 119 cm³/mol. The lowest BCUT2D eigenvalue weighted by Crippen LogP contribution is -2.27. The Hall–Kier alpha value is -2.41. The molecule has 0 fully saturated rings. The van der Waals surface area contributed by atoms with Gasteiger partial charge < -0.3 is 9.73 Å². The van der Waals surface area contributed by atoms with Gasteiger partial charge in [0.15, 0.2) is 5.69 Å². The highest BCUT2D eigenvalue weighted by atomic mass is 35.5. The molecule has 3 aromatic rings. The number of nitrogens with one attached hydrogen (secondary N) is 1. The molecular weight excluding hydrogens is 440 g/mol. The summed E-state index contributed by atoms with van der Waals surface area (Å²) in [4.78, 5) is 18.6. The molecule has 1 N–H and O–H groups in total. The number of oxazole rings is 1. The number of halogens is 3. The molecule has 0 aliphatic rings. The van der Waals surface area contributed by atoms with Gasteiger partial charge in [-0.05, 0) is 35.2 Å². The Morgan fingerprint density at radius 2 is 1.87 bits per heavy atom. The molecule has 0 aliphatic carbocycles. The first-order valence-electron chi connectivity index (χ1n) is 9.94. The summed E-state index contributed by atoms with van der Waals surface area (Å²) in [5.41, 5.74) is 2.00. The molecule has 0 spiro atoms. The maximum atomic E-state index is 13.3. The van der Waals surface area contributed by atoms with Gasteiger partial charge in [-0.25, -0.2) is 9.37 Å². The molecule has 3 rings (SSSR count). The zero-order valence-electron chi connectivity index (χ0n) is 17.4. The van der Waals surface area contributed by atoms with Crippen LogP contribution in [0.15, 0.2) is 53.1 Å². The molecule has 8 heteroatoms. The molecule has 0 atom stereocenters. The van der Waals surface area contributed by atoms with E-state index < -0.39 is 0 Å². The van der Waals surface area contributed by atoms with Gasteiger partial charge in [-0.15, -0.1) is 0 Å². The molecule has 0 saturated heterocycles. The van der Waals surface area contributed by atoms with Crippen molar-refractivity contribution in [2.24, 2.45) is 5.92 Å². The smallest absolute Gasteiger partial charge is 0.273 e. The monoisotopic (exact) mass is 463 g/mol. The lowest BCUT2D eigenvalue weighted by molar-refractivity contribution is 0.0944. The maximum absolute atomic E-state index is 13.3. The SMILES string of the molecule is CC(C)CNC(=O)c1coc(CN(Cc2ccc(F)cc2)Cc2cccc(Cl)c2Cl)n1. The summed E-state index contributed by atoms with van der Waals surface area (Å²) in [5, 5.41) is 3.78. The largest absolute Gasteiger partial charge is 0.447 e. The predicted octanol–water partition coefficient (Wildman–Crippen LogP) is 5.71. The van der Waals surface area contributed by atoms with E-state index in [2.05, 4.69) is 10.3 Å². The molecule has 0 unspecified atom stereocenters. The van der Waals surface area contributed by atoms with E-state index in [0.29, 0.717) is 48.0 Å². The highest BCUT2D eigenvalue weighted by molar-refractivity contribution is 6.42. The summed E-state index contributed by atoms with van der Waals surface area (Å²) in [6, 6.07) is 11.7. The quantitative estimate of drug-likeness (QED) is 0.441. The molecule has 31 heavy (non-hydrogen) atoms. The number of hydrogen-bond acceptors (Lipinski definition) is 4. The van der Waals surface area contributed by atoms with Crippen LogP contribution in [0.5, 0.6) is 0 Å². The number of nitrogens with zero attached hydrogens (tertiary/aromatic N) is 2. The molecule has 5 nitrogen and oxygen atoms in total. The Bertz CT molecular complexity index is 1020. The van der Waals surface area contributed by atoms with Gasteiger partial charge in [0.25, 0.3) is 5.91 Å². The highest BCUT2D eigenvalue weighted by Crippen LogP contribution is 2.27. The minimum Gasteiger partial charge on any atom is -0.447 e. The standard InChI is InChI=1S/C23H24Cl2FN3O2/c1-15(2)10-27-23(30)20-14-31-21(28-20)13-29(11-16-6-8-18(26)9-7-16)12-17-4-3-5-19(24)22(17)25/h3-9,14-15H,10-13H2,1-2H3,(H,27,30). The summed E-state index contributed by atoms with van der Waals surface area (Å²) in [5.74, 6) is 0.170. The van der Waals surface area contributed by atoms with Gasteiger partial charge in [-0.1, -0.05) is 61.3 Å². The lowest BCUT2D eigenvalue weighted by atomic mass is 10.1. The minimum atomic E-state index is -0.294. The van der Waals surface area contributed by atoms with Crippen LogP contribution in [-0.2, 0) is 19.6 Å². The first kappa shape index (κ1) is 23.3. The van der Waals surface area contributed by atoms with Gasteiger partial charge in [-0.3, -0.25) is 9.69 Å². The van der Waals surface area contributed by atoms with Crippen molar-refractivity contribution in [2.75, 3.05) is 6.54 Å². The van der Waals surface area contributed by atoms with Gasteiger partial charge in [0.2, 0.25) is 5.89 Å². The number of rotatable bonds is 9. The molecule has 1 amide bonds. The minimum absolute atomic E-state index is 0.234. The van der Waals surface area contributed by atoms with E-state index in [1.807, 2.05) is 30.9 Å². The molecule has 0 bridgehead atoms. The number of aromatic nitrogens is 1. The van der Waals surface area contributed by atoms with Crippen molar-refractivity contribution in [3.05, 3.63) is 87.3 Å². The number of amides is 1. The Labute approximate surface area is 191 Å². The lowest BCUT2D eigenvalue weighted by Gasteiger charge is -2.22. The fourth-order valence-electron chi connectivity index (χ4n) is 2.99. The summed E-state index contributed by atoms with van der Waals surface area (Å²) in [6.07, 6.45) is 1.35. The van der Waals surface area contributed by atoms with Gasteiger partial charge in [-0.2, -0.15) is 0 Å². The van der Waals surface area contributed by atoms with Crippen molar-refractivity contribution in [3.63, 3.8) is 0 Å². The molecule has 164 valence electrons. The molecule has 2 aromatic carbocycles. The zero-order chi connectivity index (χ0) is 22.4. The Balaban J connectivity index is 1.77. The average Bonchev–Trinajstić information content (AvgIpc) is 3.20. The second-order valence-corrected chi connectivity index (χ2v) is 8.50. The average molecular weight is 464 g/mol. The van der Waals surface area contributed by atoms with Crippen LogP contribution in [-0.4, -0.2) is 22.3 Å². The molecule has 0 saturated carbocycles. The van der Waals surface area contributed by atoms with E-state index in [1.54, 1.807) is 18.2 Å². The molecule has 1 aromatic heterocycles. The van der Waals surface area contributed by atoms with E-state index >= 15 is 0 Å². The van der Waals surface area contributed by atoms with Gasteiger partial charge in [0.05, 0.1) is 16.6 Å². The van der Waals surface area contributed by atoms with Crippen LogP contribution in [0.1, 0.15) is 41.4 Å². The molecule has 1 heterocycles. The highest BCUT2D eigenvalue weighted by Gasteiger charge is 2.17. The van der Waals surface area contributed by atoms with Crippen molar-refractivity contribution in [1.29, 1.82) is 0 Å². The summed E-state index contributed by atoms with van der Waals surface area (Å²) in [7, 11) is 0. The summed E-state index contributed by atoms with van der Waals surface area (Å²) >= 11 is 12.5. The van der Waals surface area contributed by atoms with Gasteiger partial charge >= 0.3 is 0 Å². The van der Waals surface area contributed by atoms with Crippen LogP contribution in [0, 0.1) is 11.7 Å². The first-order chi connectivity index (χ1) is 14.8. The summed E-state index contributed by atoms with van der Waals surface area (Å²) in [6.45, 7) is 5.89. The third-order valence-electron chi connectivity index (χ3n) is 4.56. The van der Waals surface area contributed by atoms with Crippen LogP contribution < -0.4 is 5.32 Å². The van der Waals surface area contributed by atoms with E-state index in [1.165, 1.54) is 18.4 Å². The molecule has 0 radical (unpaired) electrons. The van der Waals surface area contributed by atoms with Crippen molar-refractivity contribution in [3.8, 4) is 0 Å². The fraction of sp³-hybridized carbons (Fsp3) is 0.304. The number of benzene rings is 2. The van der Waals surface area contributed by atoms with Crippen LogP contribution in [0.3, 0.4) is 0 Å². The Morgan fingerprint density at radius 1 is 1.13 bits per heavy atom. The third kappa shape index (κ3) is 6.79.